The number of nitrogens with zero attached hydrogens (tertiary/aromatic N) is 3. The van der Waals surface area contributed by atoms with E-state index in [1.54, 1.807) is 4.57 Å². The Kier molecular flexibility index (Phi) is 3.71. The summed E-state index contributed by atoms with van der Waals surface area (Å²) in [6, 6.07) is 0.991. The number of aliphatic hydroxyl groups is 2. The van der Waals surface area contributed by atoms with Gasteiger partial charge < -0.3 is 30.3 Å². The van der Waals surface area contributed by atoms with E-state index < -0.39 is 31.3 Å². The number of hydrogen-bond donors (Lipinski definition) is 5. The van der Waals surface area contributed by atoms with Gasteiger partial charge in [0, 0.05) is 11.5 Å². The minimum absolute atomic E-state index is 0.122. The molecule has 136 valence electrons. The molecule has 0 amide bonds. The van der Waals surface area contributed by atoms with Gasteiger partial charge in [-0.05, 0) is 18.8 Å². The molecule has 0 aliphatic heterocycles. The standard InChI is InChI=1S/C14H18ClN4O5P/c15-8-3-7(16)9-13(18-8)19(5-17-9)10-6-4-14(6,12(21)11(10)20)1-2-25(22,23)24/h3,5-6,10-12,20-21H,1-2,4H2,(H2,16,18)(H2,22,23,24)/t6-,10-,11-,12-,14+/m1/s1. The SMILES string of the molecule is Nc1cc(Cl)nc2c1ncn2[C@H]1[C@@H](O)[C@@H](O)[C@@]2(CCP(=O)(O)O)C[C@H]12. The van der Waals surface area contributed by atoms with Crippen molar-refractivity contribution in [1.29, 1.82) is 0 Å². The van der Waals surface area contributed by atoms with E-state index in [1.807, 2.05) is 0 Å². The number of rotatable bonds is 4. The molecule has 0 bridgehead atoms. The van der Waals surface area contributed by atoms with E-state index in [0.717, 1.165) is 0 Å². The molecule has 0 spiro atoms. The molecule has 2 aromatic heterocycles. The first kappa shape index (κ1) is 17.2. The van der Waals surface area contributed by atoms with Gasteiger partial charge in [0.05, 0.1) is 30.3 Å². The monoisotopic (exact) mass is 388 g/mol. The zero-order chi connectivity index (χ0) is 18.1. The average Bonchev–Trinajstić information content (AvgIpc) is 3.01. The zero-order valence-corrected chi connectivity index (χ0v) is 14.7. The molecule has 2 fully saturated rings. The maximum absolute atomic E-state index is 11.2. The first-order valence-corrected chi connectivity index (χ1v) is 10.0. The van der Waals surface area contributed by atoms with Crippen LogP contribution in [0, 0.1) is 11.3 Å². The second kappa shape index (κ2) is 5.39. The number of aliphatic hydroxyl groups excluding tert-OH is 2. The minimum atomic E-state index is -4.17. The predicted molar refractivity (Wildman–Crippen MR) is 90.1 cm³/mol. The molecule has 2 heterocycles. The van der Waals surface area contributed by atoms with Crippen LogP contribution in [-0.4, -0.2) is 52.9 Å². The summed E-state index contributed by atoms with van der Waals surface area (Å²) in [4.78, 5) is 26.7. The fourth-order valence-electron chi connectivity index (χ4n) is 4.28. The summed E-state index contributed by atoms with van der Waals surface area (Å²) >= 11 is 5.97. The number of nitrogen functional groups attached to an aromatic ring is 1. The van der Waals surface area contributed by atoms with Crippen molar-refractivity contribution < 1.29 is 24.6 Å². The van der Waals surface area contributed by atoms with Gasteiger partial charge in [0.25, 0.3) is 0 Å². The Hall–Kier alpha value is -1.22. The molecular formula is C14H18ClN4O5P. The van der Waals surface area contributed by atoms with E-state index in [-0.39, 0.29) is 23.7 Å². The molecule has 2 saturated carbocycles. The third kappa shape index (κ3) is 2.58. The zero-order valence-electron chi connectivity index (χ0n) is 13.0. The largest absolute Gasteiger partial charge is 0.397 e. The van der Waals surface area contributed by atoms with Crippen LogP contribution < -0.4 is 5.73 Å². The molecule has 0 saturated heterocycles. The van der Waals surface area contributed by atoms with E-state index >= 15 is 0 Å². The van der Waals surface area contributed by atoms with Crippen LogP contribution in [-0.2, 0) is 4.57 Å². The molecular weight excluding hydrogens is 371 g/mol. The lowest BCUT2D eigenvalue weighted by atomic mass is 9.96. The molecule has 0 radical (unpaired) electrons. The molecule has 0 unspecified atom stereocenters. The van der Waals surface area contributed by atoms with Gasteiger partial charge in [-0.1, -0.05) is 11.6 Å². The third-order valence-corrected chi connectivity index (χ3v) is 6.57. The topological polar surface area (TPSA) is 155 Å². The Balaban J connectivity index is 1.70. The van der Waals surface area contributed by atoms with Gasteiger partial charge in [0.2, 0.25) is 0 Å². The predicted octanol–water partition coefficient (Wildman–Crippen LogP) is 0.517. The summed E-state index contributed by atoms with van der Waals surface area (Å²) in [6.07, 6.45) is -0.243. The highest BCUT2D eigenvalue weighted by Crippen LogP contribution is 2.70. The molecule has 2 aromatic rings. The fraction of sp³-hybridized carbons (Fsp3) is 0.571. The summed E-state index contributed by atoms with van der Waals surface area (Å²) in [5.41, 5.74) is 6.45. The lowest BCUT2D eigenvalue weighted by Crippen LogP contribution is -2.34. The molecule has 5 atom stereocenters. The molecule has 25 heavy (non-hydrogen) atoms. The van der Waals surface area contributed by atoms with E-state index in [9.17, 15) is 14.8 Å². The van der Waals surface area contributed by atoms with E-state index in [4.69, 9.17) is 27.1 Å². The van der Waals surface area contributed by atoms with Crippen molar-refractivity contribution >= 4 is 36.0 Å². The van der Waals surface area contributed by atoms with Crippen molar-refractivity contribution in [3.05, 3.63) is 17.5 Å². The Morgan fingerprint density at radius 3 is 2.84 bits per heavy atom. The van der Waals surface area contributed by atoms with Gasteiger partial charge >= 0.3 is 7.60 Å². The van der Waals surface area contributed by atoms with Gasteiger partial charge in [-0.15, -0.1) is 0 Å². The fourth-order valence-corrected chi connectivity index (χ4v) is 5.19. The van der Waals surface area contributed by atoms with Crippen molar-refractivity contribution in [2.75, 3.05) is 11.9 Å². The molecule has 6 N–H and O–H groups in total. The highest BCUT2D eigenvalue weighted by molar-refractivity contribution is 7.51. The van der Waals surface area contributed by atoms with Crippen molar-refractivity contribution in [2.45, 2.75) is 31.1 Å². The Labute approximate surface area is 147 Å². The summed E-state index contributed by atoms with van der Waals surface area (Å²) in [6.45, 7) is 0. The highest BCUT2D eigenvalue weighted by atomic mass is 35.5. The van der Waals surface area contributed by atoms with Crippen LogP contribution in [0.15, 0.2) is 12.4 Å². The van der Waals surface area contributed by atoms with Crippen molar-refractivity contribution in [1.82, 2.24) is 14.5 Å². The van der Waals surface area contributed by atoms with Crippen LogP contribution in [0.3, 0.4) is 0 Å². The lowest BCUT2D eigenvalue weighted by Gasteiger charge is -2.24. The maximum atomic E-state index is 11.2. The molecule has 11 heteroatoms. The smallest absolute Gasteiger partial charge is 0.325 e. The van der Waals surface area contributed by atoms with Crippen LogP contribution in [0.2, 0.25) is 5.15 Å². The lowest BCUT2D eigenvalue weighted by molar-refractivity contribution is -0.0183. The number of anilines is 1. The van der Waals surface area contributed by atoms with Crippen molar-refractivity contribution in [3.63, 3.8) is 0 Å². The summed E-state index contributed by atoms with van der Waals surface area (Å²) < 4.78 is 12.8. The number of aromatic nitrogens is 3. The van der Waals surface area contributed by atoms with Gasteiger partial charge in [-0.2, -0.15) is 0 Å². The third-order valence-electron chi connectivity index (χ3n) is 5.57. The highest BCUT2D eigenvalue weighted by Gasteiger charge is 2.71. The number of halogens is 1. The summed E-state index contributed by atoms with van der Waals surface area (Å²) in [5.74, 6) is -0.122. The molecule has 9 nitrogen and oxygen atoms in total. The second-order valence-corrected chi connectivity index (χ2v) is 9.13. The second-order valence-electron chi connectivity index (χ2n) is 6.97. The Morgan fingerprint density at radius 1 is 1.44 bits per heavy atom. The number of imidazole rings is 1. The first-order valence-electron chi connectivity index (χ1n) is 7.83. The van der Waals surface area contributed by atoms with E-state index in [2.05, 4.69) is 9.97 Å². The quantitative estimate of drug-likeness (QED) is 0.375. The summed E-state index contributed by atoms with van der Waals surface area (Å²) in [7, 11) is -4.17. The number of nitrogens with two attached hydrogens (primary N) is 1. The van der Waals surface area contributed by atoms with Crippen LogP contribution in [0.5, 0.6) is 0 Å². The van der Waals surface area contributed by atoms with E-state index in [0.29, 0.717) is 23.3 Å². The van der Waals surface area contributed by atoms with Crippen LogP contribution in [0.4, 0.5) is 5.69 Å². The molecule has 4 rings (SSSR count). The average molecular weight is 389 g/mol. The van der Waals surface area contributed by atoms with Crippen LogP contribution in [0.1, 0.15) is 18.9 Å². The van der Waals surface area contributed by atoms with Crippen molar-refractivity contribution in [2.24, 2.45) is 11.3 Å². The normalized spacial score (nSPS) is 34.4. The Bertz CT molecular complexity index is 901. The maximum Gasteiger partial charge on any atom is 0.325 e. The molecule has 2 aliphatic rings. The van der Waals surface area contributed by atoms with Gasteiger partial charge in [0.15, 0.2) is 5.65 Å². The molecule has 2 aliphatic carbocycles. The van der Waals surface area contributed by atoms with Crippen molar-refractivity contribution in [3.8, 4) is 0 Å². The minimum Gasteiger partial charge on any atom is -0.397 e. The summed E-state index contributed by atoms with van der Waals surface area (Å²) in [5, 5.41) is 21.2. The number of pyridine rings is 1. The van der Waals surface area contributed by atoms with Gasteiger partial charge in [-0.25, -0.2) is 9.97 Å². The van der Waals surface area contributed by atoms with Gasteiger partial charge in [-0.3, -0.25) is 4.57 Å². The van der Waals surface area contributed by atoms with E-state index in [1.165, 1.54) is 12.4 Å². The Morgan fingerprint density at radius 2 is 2.16 bits per heavy atom. The van der Waals surface area contributed by atoms with Crippen LogP contribution >= 0.6 is 19.2 Å². The molecule has 0 aromatic carbocycles. The van der Waals surface area contributed by atoms with Crippen LogP contribution in [0.25, 0.3) is 11.2 Å². The van der Waals surface area contributed by atoms with Gasteiger partial charge in [0.1, 0.15) is 16.8 Å². The number of fused-ring (bicyclic) bond motifs is 2. The first-order chi connectivity index (χ1) is 11.6. The number of hydrogen-bond acceptors (Lipinski definition) is 6.